The van der Waals surface area contributed by atoms with E-state index in [1.807, 2.05) is 0 Å². The number of fused-ring (bicyclic) bond motifs is 1. The van der Waals surface area contributed by atoms with Gasteiger partial charge in [0.1, 0.15) is 0 Å². The second-order valence-electron chi connectivity index (χ2n) is 5.31. The van der Waals surface area contributed by atoms with Crippen LogP contribution in [0.25, 0.3) is 0 Å². The summed E-state index contributed by atoms with van der Waals surface area (Å²) in [6.45, 7) is 2.16. The van der Waals surface area contributed by atoms with Gasteiger partial charge in [-0.1, -0.05) is 40.2 Å². The Balaban J connectivity index is 1.76. The van der Waals surface area contributed by atoms with Crippen LogP contribution in [0.15, 0.2) is 46.9 Å². The summed E-state index contributed by atoms with van der Waals surface area (Å²) in [5, 5.41) is 3.69. The number of aryl methyl sites for hydroxylation is 2. The predicted molar refractivity (Wildman–Crippen MR) is 84.8 cm³/mol. The monoisotopic (exact) mass is 315 g/mol. The maximum absolute atomic E-state index is 3.69. The van der Waals surface area contributed by atoms with E-state index in [9.17, 15) is 0 Å². The topological polar surface area (TPSA) is 12.0 Å². The van der Waals surface area contributed by atoms with Crippen LogP contribution >= 0.6 is 15.9 Å². The Labute approximate surface area is 123 Å². The number of benzene rings is 2. The van der Waals surface area contributed by atoms with Crippen LogP contribution in [0, 0.1) is 6.92 Å². The minimum absolute atomic E-state index is 0.551. The number of para-hydroxylation sites is 1. The number of hydrogen-bond donors (Lipinski definition) is 1. The summed E-state index contributed by atoms with van der Waals surface area (Å²) in [5.41, 5.74) is 5.58. The van der Waals surface area contributed by atoms with Crippen LogP contribution in [-0.4, -0.2) is 6.04 Å². The summed E-state index contributed by atoms with van der Waals surface area (Å²) in [4.78, 5) is 0. The number of rotatable bonds is 2. The standard InChI is InChI=1S/C17H18BrN/c1-12-4-2-3-5-17(12)19-16-9-7-13-10-15(18)8-6-14(13)11-16/h2-6,8,10,16,19H,7,9,11H2,1H3. The Kier molecular flexibility index (Phi) is 3.61. The van der Waals surface area contributed by atoms with Gasteiger partial charge in [0.2, 0.25) is 0 Å². The van der Waals surface area contributed by atoms with Crippen molar-refractivity contribution < 1.29 is 0 Å². The normalized spacial score (nSPS) is 17.9. The molecule has 1 N–H and O–H groups in total. The quantitative estimate of drug-likeness (QED) is 0.845. The molecule has 0 aromatic heterocycles. The van der Waals surface area contributed by atoms with Gasteiger partial charge < -0.3 is 5.32 Å². The van der Waals surface area contributed by atoms with Crippen LogP contribution in [0.5, 0.6) is 0 Å². The SMILES string of the molecule is Cc1ccccc1NC1CCc2cc(Br)ccc2C1. The van der Waals surface area contributed by atoms with Gasteiger partial charge in [-0.3, -0.25) is 0 Å². The van der Waals surface area contributed by atoms with E-state index >= 15 is 0 Å². The molecule has 1 atom stereocenters. The highest BCUT2D eigenvalue weighted by Gasteiger charge is 2.18. The zero-order valence-electron chi connectivity index (χ0n) is 11.1. The minimum Gasteiger partial charge on any atom is -0.382 e. The van der Waals surface area contributed by atoms with Gasteiger partial charge in [0.25, 0.3) is 0 Å². The fraction of sp³-hybridized carbons (Fsp3) is 0.294. The number of nitrogens with one attached hydrogen (secondary N) is 1. The maximum atomic E-state index is 3.69. The highest BCUT2D eigenvalue weighted by Crippen LogP contribution is 2.27. The van der Waals surface area contributed by atoms with E-state index in [1.165, 1.54) is 39.7 Å². The summed E-state index contributed by atoms with van der Waals surface area (Å²) < 4.78 is 1.19. The molecule has 0 fully saturated rings. The van der Waals surface area contributed by atoms with Crippen molar-refractivity contribution in [2.75, 3.05) is 5.32 Å². The van der Waals surface area contributed by atoms with Gasteiger partial charge in [0.05, 0.1) is 0 Å². The Bertz CT molecular complexity index is 592. The number of halogens is 1. The highest BCUT2D eigenvalue weighted by atomic mass is 79.9. The van der Waals surface area contributed by atoms with Crippen LogP contribution in [0.4, 0.5) is 5.69 Å². The second-order valence-corrected chi connectivity index (χ2v) is 6.23. The van der Waals surface area contributed by atoms with Crippen LogP contribution in [0.3, 0.4) is 0 Å². The van der Waals surface area contributed by atoms with Gasteiger partial charge in [-0.2, -0.15) is 0 Å². The lowest BCUT2D eigenvalue weighted by Gasteiger charge is -2.27. The van der Waals surface area contributed by atoms with Crippen LogP contribution in [0.1, 0.15) is 23.1 Å². The van der Waals surface area contributed by atoms with E-state index in [1.54, 1.807) is 0 Å². The molecule has 1 unspecified atom stereocenters. The molecule has 2 heteroatoms. The molecule has 2 aromatic carbocycles. The molecule has 1 aliphatic rings. The zero-order valence-corrected chi connectivity index (χ0v) is 12.7. The van der Waals surface area contributed by atoms with Crippen molar-refractivity contribution in [3.63, 3.8) is 0 Å². The van der Waals surface area contributed by atoms with Crippen LogP contribution in [0.2, 0.25) is 0 Å². The van der Waals surface area contributed by atoms with E-state index in [2.05, 4.69) is 70.6 Å². The molecule has 3 rings (SSSR count). The summed E-state index contributed by atoms with van der Waals surface area (Å²) in [7, 11) is 0. The molecule has 98 valence electrons. The van der Waals surface area contributed by atoms with Crippen molar-refractivity contribution >= 4 is 21.6 Å². The highest BCUT2D eigenvalue weighted by molar-refractivity contribution is 9.10. The maximum Gasteiger partial charge on any atom is 0.0372 e. The Hall–Kier alpha value is -1.28. The van der Waals surface area contributed by atoms with E-state index in [0.717, 1.165) is 6.42 Å². The Morgan fingerprint density at radius 3 is 2.79 bits per heavy atom. The van der Waals surface area contributed by atoms with E-state index in [-0.39, 0.29) is 0 Å². The average molecular weight is 316 g/mol. The predicted octanol–water partition coefficient (Wildman–Crippen LogP) is 4.73. The van der Waals surface area contributed by atoms with Crippen molar-refractivity contribution in [2.24, 2.45) is 0 Å². The Morgan fingerprint density at radius 1 is 1.11 bits per heavy atom. The Morgan fingerprint density at radius 2 is 1.95 bits per heavy atom. The largest absolute Gasteiger partial charge is 0.382 e. The minimum atomic E-state index is 0.551. The molecule has 0 saturated heterocycles. The molecular weight excluding hydrogens is 298 g/mol. The van der Waals surface area contributed by atoms with Crippen molar-refractivity contribution in [1.29, 1.82) is 0 Å². The first-order chi connectivity index (χ1) is 9.22. The zero-order chi connectivity index (χ0) is 13.2. The van der Waals surface area contributed by atoms with Gasteiger partial charge >= 0.3 is 0 Å². The third kappa shape index (κ3) is 2.84. The van der Waals surface area contributed by atoms with Crippen molar-refractivity contribution in [3.8, 4) is 0 Å². The average Bonchev–Trinajstić information content (AvgIpc) is 2.41. The second kappa shape index (κ2) is 5.38. The van der Waals surface area contributed by atoms with Crippen molar-refractivity contribution in [3.05, 3.63) is 63.6 Å². The third-order valence-corrected chi connectivity index (χ3v) is 4.39. The summed E-state index contributed by atoms with van der Waals surface area (Å²) >= 11 is 3.55. The van der Waals surface area contributed by atoms with Gasteiger partial charge in [-0.05, 0) is 61.1 Å². The fourth-order valence-corrected chi connectivity index (χ4v) is 3.21. The molecule has 1 aliphatic carbocycles. The molecule has 0 heterocycles. The number of anilines is 1. The van der Waals surface area contributed by atoms with Crippen LogP contribution < -0.4 is 5.32 Å². The van der Waals surface area contributed by atoms with E-state index < -0.39 is 0 Å². The van der Waals surface area contributed by atoms with E-state index in [4.69, 9.17) is 0 Å². The lowest BCUT2D eigenvalue weighted by molar-refractivity contribution is 0.610. The molecule has 0 aliphatic heterocycles. The van der Waals surface area contributed by atoms with Gasteiger partial charge in [0.15, 0.2) is 0 Å². The molecule has 19 heavy (non-hydrogen) atoms. The lowest BCUT2D eigenvalue weighted by Crippen LogP contribution is -2.27. The van der Waals surface area contributed by atoms with Gasteiger partial charge in [-0.15, -0.1) is 0 Å². The fourth-order valence-electron chi connectivity index (χ4n) is 2.80. The van der Waals surface area contributed by atoms with Crippen molar-refractivity contribution in [1.82, 2.24) is 0 Å². The number of hydrogen-bond acceptors (Lipinski definition) is 1. The molecule has 0 spiro atoms. The first-order valence-corrected chi connectivity index (χ1v) is 7.61. The van der Waals surface area contributed by atoms with Crippen LogP contribution in [-0.2, 0) is 12.8 Å². The molecular formula is C17H18BrN. The summed E-state index contributed by atoms with van der Waals surface area (Å²) in [6, 6.07) is 15.7. The molecule has 1 nitrogen and oxygen atoms in total. The molecule has 0 saturated carbocycles. The van der Waals surface area contributed by atoms with Crippen molar-refractivity contribution in [2.45, 2.75) is 32.2 Å². The summed E-state index contributed by atoms with van der Waals surface area (Å²) in [5.74, 6) is 0. The first-order valence-electron chi connectivity index (χ1n) is 6.82. The molecule has 0 amide bonds. The first kappa shape index (κ1) is 12.7. The summed E-state index contributed by atoms with van der Waals surface area (Å²) in [6.07, 6.45) is 3.49. The lowest BCUT2D eigenvalue weighted by atomic mass is 9.88. The molecule has 0 bridgehead atoms. The third-order valence-electron chi connectivity index (χ3n) is 3.90. The van der Waals surface area contributed by atoms with Gasteiger partial charge in [-0.25, -0.2) is 0 Å². The molecule has 0 radical (unpaired) electrons. The van der Waals surface area contributed by atoms with E-state index in [0.29, 0.717) is 6.04 Å². The smallest absolute Gasteiger partial charge is 0.0372 e. The molecule has 2 aromatic rings. The van der Waals surface area contributed by atoms with Gasteiger partial charge in [0, 0.05) is 16.2 Å².